The first-order valence-electron chi connectivity index (χ1n) is 8.08. The fourth-order valence-corrected chi connectivity index (χ4v) is 3.93. The quantitative estimate of drug-likeness (QED) is 0.470. The van der Waals surface area contributed by atoms with Crippen LogP contribution in [0.15, 0.2) is 0 Å². The van der Waals surface area contributed by atoms with Gasteiger partial charge in [-0.3, -0.25) is 9.59 Å². The van der Waals surface area contributed by atoms with Crippen LogP contribution in [0, 0.1) is 6.92 Å². The number of halogens is 5. The van der Waals surface area contributed by atoms with E-state index in [1.165, 1.54) is 6.92 Å². The average Bonchev–Trinajstić information content (AvgIpc) is 3.17. The summed E-state index contributed by atoms with van der Waals surface area (Å²) >= 11 is 6.26. The van der Waals surface area contributed by atoms with Crippen molar-refractivity contribution in [2.24, 2.45) is 5.73 Å². The maximum Gasteiger partial charge on any atom is 0.341 e. The van der Waals surface area contributed by atoms with E-state index in [-0.39, 0.29) is 21.0 Å². The molecule has 2 rings (SSSR count). The van der Waals surface area contributed by atoms with Crippen molar-refractivity contribution in [1.29, 1.82) is 0 Å². The van der Waals surface area contributed by atoms with Crippen LogP contribution in [0.2, 0.25) is 5.02 Å². The number of methoxy groups -OCH3 is 1. The van der Waals surface area contributed by atoms with Crippen LogP contribution in [-0.4, -0.2) is 34.7 Å². The Hall–Kier alpha value is -2.67. The van der Waals surface area contributed by atoms with E-state index in [1.54, 1.807) is 0 Å². The number of aromatic nitrogens is 2. The smallest absolute Gasteiger partial charge is 0.341 e. The van der Waals surface area contributed by atoms with Crippen molar-refractivity contribution in [2.45, 2.75) is 32.7 Å². The van der Waals surface area contributed by atoms with Gasteiger partial charge >= 0.3 is 5.97 Å². The molecular formula is C16H15ClF4N4O4S. The summed E-state index contributed by atoms with van der Waals surface area (Å²) in [5, 5.41) is 4.57. The fourth-order valence-electron chi connectivity index (χ4n) is 2.59. The van der Waals surface area contributed by atoms with Crippen molar-refractivity contribution < 1.29 is 36.7 Å². The molecule has 2 amide bonds. The minimum Gasteiger partial charge on any atom is -0.465 e. The molecule has 30 heavy (non-hydrogen) atoms. The van der Waals surface area contributed by atoms with Crippen molar-refractivity contribution >= 4 is 45.7 Å². The standard InChI is InChI=1S/C16H15ClF4N4O4S/c1-4-6(16(28)29-3)15(30-10(4)13(22)26)23-14(27)5(2)25-9(12(20)21)7(17)8(24-25)11(18)19/h5,11-12H,1-3H3,(H2,22,26)(H,23,27). The highest BCUT2D eigenvalue weighted by Gasteiger charge is 2.33. The molecule has 2 aromatic rings. The molecule has 0 radical (unpaired) electrons. The predicted molar refractivity (Wildman–Crippen MR) is 99.4 cm³/mol. The van der Waals surface area contributed by atoms with Gasteiger partial charge < -0.3 is 15.8 Å². The summed E-state index contributed by atoms with van der Waals surface area (Å²) < 4.78 is 57.7. The summed E-state index contributed by atoms with van der Waals surface area (Å²) in [7, 11) is 1.07. The molecule has 0 fully saturated rings. The lowest BCUT2D eigenvalue weighted by molar-refractivity contribution is -0.119. The molecule has 0 saturated heterocycles. The van der Waals surface area contributed by atoms with Crippen molar-refractivity contribution in [1.82, 2.24) is 9.78 Å². The molecule has 0 bridgehead atoms. The number of carbonyl (C=O) groups excluding carboxylic acids is 3. The molecule has 0 aliphatic carbocycles. The minimum atomic E-state index is -3.29. The Balaban J connectivity index is 2.47. The van der Waals surface area contributed by atoms with Gasteiger partial charge in [0.2, 0.25) is 5.91 Å². The molecule has 2 aromatic heterocycles. The molecule has 2 heterocycles. The van der Waals surface area contributed by atoms with Crippen LogP contribution in [0.5, 0.6) is 0 Å². The van der Waals surface area contributed by atoms with Gasteiger partial charge in [0.15, 0.2) is 0 Å². The number of amides is 2. The Morgan fingerprint density at radius 3 is 2.30 bits per heavy atom. The van der Waals surface area contributed by atoms with Crippen LogP contribution < -0.4 is 11.1 Å². The van der Waals surface area contributed by atoms with E-state index < -0.39 is 53.1 Å². The summed E-state index contributed by atoms with van der Waals surface area (Å²) in [6.45, 7) is 2.52. The van der Waals surface area contributed by atoms with Crippen molar-refractivity contribution in [3.63, 3.8) is 0 Å². The van der Waals surface area contributed by atoms with Crippen molar-refractivity contribution in [3.05, 3.63) is 32.4 Å². The van der Waals surface area contributed by atoms with Crippen LogP contribution in [0.1, 0.15) is 62.8 Å². The van der Waals surface area contributed by atoms with Crippen molar-refractivity contribution in [3.8, 4) is 0 Å². The molecule has 8 nitrogen and oxygen atoms in total. The highest BCUT2D eigenvalue weighted by Crippen LogP contribution is 2.37. The zero-order valence-electron chi connectivity index (χ0n) is 15.6. The van der Waals surface area contributed by atoms with Gasteiger partial charge in [0.1, 0.15) is 22.4 Å². The molecule has 0 saturated carbocycles. The SMILES string of the molecule is COC(=O)c1c(NC(=O)C(C)n2nc(C(F)F)c(Cl)c2C(F)F)sc(C(N)=O)c1C. The number of ether oxygens (including phenoxy) is 1. The minimum absolute atomic E-state index is 0.0336. The Kier molecular flexibility index (Phi) is 7.08. The Bertz CT molecular complexity index is 1010. The molecule has 0 aliphatic rings. The molecule has 164 valence electrons. The Morgan fingerprint density at radius 1 is 1.23 bits per heavy atom. The first-order chi connectivity index (χ1) is 13.9. The van der Waals surface area contributed by atoms with Gasteiger partial charge in [0.05, 0.1) is 22.6 Å². The normalized spacial score (nSPS) is 12.3. The van der Waals surface area contributed by atoms with Crippen LogP contribution in [-0.2, 0) is 9.53 Å². The number of rotatable bonds is 7. The summed E-state index contributed by atoms with van der Waals surface area (Å²) in [4.78, 5) is 36.2. The molecule has 0 aromatic carbocycles. The lowest BCUT2D eigenvalue weighted by Crippen LogP contribution is -2.26. The summed E-state index contributed by atoms with van der Waals surface area (Å²) in [5.41, 5.74) is 3.09. The summed E-state index contributed by atoms with van der Waals surface area (Å²) in [6, 6.07) is -1.52. The van der Waals surface area contributed by atoms with Gasteiger partial charge in [-0.25, -0.2) is 27.0 Å². The third-order valence-electron chi connectivity index (χ3n) is 4.07. The van der Waals surface area contributed by atoms with E-state index >= 15 is 0 Å². The highest BCUT2D eigenvalue weighted by atomic mass is 35.5. The first-order valence-corrected chi connectivity index (χ1v) is 9.28. The Morgan fingerprint density at radius 2 is 1.83 bits per heavy atom. The van der Waals surface area contributed by atoms with Crippen LogP contribution in [0.3, 0.4) is 0 Å². The number of carbonyl (C=O) groups is 3. The van der Waals surface area contributed by atoms with E-state index in [1.807, 2.05) is 0 Å². The molecule has 3 N–H and O–H groups in total. The number of alkyl halides is 4. The number of nitrogens with zero attached hydrogens (tertiary/aromatic N) is 2. The van der Waals surface area contributed by atoms with Gasteiger partial charge in [-0.1, -0.05) is 11.6 Å². The van der Waals surface area contributed by atoms with E-state index in [4.69, 9.17) is 17.3 Å². The van der Waals surface area contributed by atoms with E-state index in [9.17, 15) is 31.9 Å². The zero-order valence-corrected chi connectivity index (χ0v) is 17.2. The van der Waals surface area contributed by atoms with Gasteiger partial charge in [-0.2, -0.15) is 5.10 Å². The van der Waals surface area contributed by atoms with E-state index in [0.717, 1.165) is 14.0 Å². The average molecular weight is 471 g/mol. The molecular weight excluding hydrogens is 456 g/mol. The third kappa shape index (κ3) is 4.26. The number of primary amides is 1. The van der Waals surface area contributed by atoms with Crippen molar-refractivity contribution in [2.75, 3.05) is 12.4 Å². The predicted octanol–water partition coefficient (Wildman–Crippen LogP) is 3.87. The van der Waals surface area contributed by atoms with Crippen LogP contribution in [0.25, 0.3) is 0 Å². The highest BCUT2D eigenvalue weighted by molar-refractivity contribution is 7.18. The van der Waals surface area contributed by atoms with E-state index in [0.29, 0.717) is 16.0 Å². The van der Waals surface area contributed by atoms with E-state index in [2.05, 4.69) is 15.2 Å². The lowest BCUT2D eigenvalue weighted by atomic mass is 10.1. The lowest BCUT2D eigenvalue weighted by Gasteiger charge is -2.15. The number of nitrogens with two attached hydrogens (primary N) is 1. The fraction of sp³-hybridized carbons (Fsp3) is 0.375. The summed E-state index contributed by atoms with van der Waals surface area (Å²) in [5.74, 6) is -2.73. The molecule has 1 unspecified atom stereocenters. The number of esters is 1. The maximum atomic E-state index is 13.3. The number of nitrogens with one attached hydrogen (secondary N) is 1. The second kappa shape index (κ2) is 9.00. The first kappa shape index (κ1) is 23.6. The van der Waals surface area contributed by atoms with Gasteiger partial charge in [0.25, 0.3) is 18.8 Å². The topological polar surface area (TPSA) is 116 Å². The zero-order chi connectivity index (χ0) is 22.9. The van der Waals surface area contributed by atoms with Gasteiger partial charge in [-0.15, -0.1) is 11.3 Å². The molecule has 14 heteroatoms. The number of anilines is 1. The number of hydrogen-bond donors (Lipinski definition) is 2. The largest absolute Gasteiger partial charge is 0.465 e. The molecule has 0 aliphatic heterocycles. The second-order valence-corrected chi connectivity index (χ2v) is 7.31. The summed E-state index contributed by atoms with van der Waals surface area (Å²) in [6.07, 6.45) is -6.53. The van der Waals surface area contributed by atoms with Crippen LogP contribution in [0.4, 0.5) is 22.6 Å². The molecule has 0 spiro atoms. The van der Waals surface area contributed by atoms with Crippen LogP contribution >= 0.6 is 22.9 Å². The number of thiophene rings is 1. The monoisotopic (exact) mass is 470 g/mol. The second-order valence-electron chi connectivity index (χ2n) is 5.91. The van der Waals surface area contributed by atoms with Gasteiger partial charge in [0, 0.05) is 0 Å². The molecule has 1 atom stereocenters. The third-order valence-corrected chi connectivity index (χ3v) is 5.68. The Labute approximate surface area is 175 Å². The number of hydrogen-bond acceptors (Lipinski definition) is 6. The maximum absolute atomic E-state index is 13.3. The van der Waals surface area contributed by atoms with Gasteiger partial charge in [-0.05, 0) is 19.4 Å².